The van der Waals surface area contributed by atoms with Crippen LogP contribution in [-0.4, -0.2) is 96.4 Å². The lowest BCUT2D eigenvalue weighted by atomic mass is 10.2. The number of hydrogen-bond donors (Lipinski definition) is 2. The maximum Gasteiger partial charge on any atom is 0.410 e. The van der Waals surface area contributed by atoms with Crippen molar-refractivity contribution in [1.29, 1.82) is 0 Å². The highest BCUT2D eigenvalue weighted by molar-refractivity contribution is 5.96. The summed E-state index contributed by atoms with van der Waals surface area (Å²) < 4.78 is 5.49. The summed E-state index contributed by atoms with van der Waals surface area (Å²) in [7, 11) is 0. The molecule has 0 atom stereocenters. The Labute approximate surface area is 184 Å². The maximum absolute atomic E-state index is 12.4. The van der Waals surface area contributed by atoms with Gasteiger partial charge in [-0.05, 0) is 33.4 Å². The second kappa shape index (κ2) is 9.59. The van der Waals surface area contributed by atoms with Gasteiger partial charge in [0.25, 0.3) is 0 Å². The molecule has 2 saturated heterocycles. The summed E-state index contributed by atoms with van der Waals surface area (Å²) in [5.74, 6) is 0.812. The molecule has 1 amide bonds. The van der Waals surface area contributed by atoms with Gasteiger partial charge in [0.2, 0.25) is 0 Å². The molecule has 2 fully saturated rings. The third kappa shape index (κ3) is 5.90. The molecule has 2 aliphatic rings. The Balaban J connectivity index is 1.74. The molecule has 31 heavy (non-hydrogen) atoms. The average Bonchev–Trinajstić information content (AvgIpc) is 2.77. The van der Waals surface area contributed by atoms with Crippen molar-refractivity contribution >= 4 is 23.4 Å². The highest BCUT2D eigenvalue weighted by atomic mass is 16.6. The lowest BCUT2D eigenvalue weighted by molar-refractivity contribution is 0.0240. The summed E-state index contributed by atoms with van der Waals surface area (Å²) in [5, 5.41) is 12.3. The average molecular weight is 434 g/mol. The SMILES string of the molecule is CCN1CCN(c2cc(N3CCN(C(=O)OC(C)(C)C)CC3)cc(/C(N)=N/O)n2)CC1. The number of likely N-dealkylation sites (N-methyl/N-ethyl adjacent to an activating group) is 1. The number of oxime groups is 1. The predicted molar refractivity (Wildman–Crippen MR) is 121 cm³/mol. The zero-order valence-corrected chi connectivity index (χ0v) is 19.0. The summed E-state index contributed by atoms with van der Waals surface area (Å²) in [6, 6.07) is 3.89. The van der Waals surface area contributed by atoms with Gasteiger partial charge in [0.05, 0.1) is 0 Å². The normalized spacial score (nSPS) is 19.0. The molecule has 0 aliphatic carbocycles. The quantitative estimate of drug-likeness (QED) is 0.317. The molecule has 0 radical (unpaired) electrons. The number of anilines is 2. The van der Waals surface area contributed by atoms with E-state index in [0.717, 1.165) is 44.2 Å². The number of aromatic nitrogens is 1. The van der Waals surface area contributed by atoms with E-state index in [1.54, 1.807) is 4.90 Å². The van der Waals surface area contributed by atoms with Crippen LogP contribution >= 0.6 is 0 Å². The smallest absolute Gasteiger partial charge is 0.410 e. The summed E-state index contributed by atoms with van der Waals surface area (Å²) in [6.45, 7) is 15.0. The van der Waals surface area contributed by atoms with Gasteiger partial charge in [-0.2, -0.15) is 0 Å². The monoisotopic (exact) mass is 433 g/mol. The van der Waals surface area contributed by atoms with Gasteiger partial charge in [0.15, 0.2) is 5.84 Å². The molecular formula is C21H35N7O3. The maximum atomic E-state index is 12.4. The van der Waals surface area contributed by atoms with Crippen LogP contribution in [0.2, 0.25) is 0 Å². The topological polar surface area (TPSA) is 111 Å². The van der Waals surface area contributed by atoms with E-state index in [2.05, 4.69) is 37.8 Å². The number of piperazine rings is 2. The Morgan fingerprint density at radius 1 is 1.10 bits per heavy atom. The number of hydrogen-bond acceptors (Lipinski definition) is 8. The summed E-state index contributed by atoms with van der Waals surface area (Å²) >= 11 is 0. The molecule has 0 saturated carbocycles. The highest BCUT2D eigenvalue weighted by Crippen LogP contribution is 2.25. The van der Waals surface area contributed by atoms with Crippen molar-refractivity contribution in [3.63, 3.8) is 0 Å². The van der Waals surface area contributed by atoms with Crippen LogP contribution in [0.5, 0.6) is 0 Å². The Kier molecular flexibility index (Phi) is 7.09. The van der Waals surface area contributed by atoms with Crippen LogP contribution in [0.4, 0.5) is 16.3 Å². The zero-order chi connectivity index (χ0) is 22.6. The predicted octanol–water partition coefficient (Wildman–Crippen LogP) is 1.38. The lowest BCUT2D eigenvalue weighted by Crippen LogP contribution is -2.50. The molecule has 3 heterocycles. The number of nitrogens with two attached hydrogens (primary N) is 1. The molecule has 2 aliphatic heterocycles. The van der Waals surface area contributed by atoms with Crippen molar-refractivity contribution in [1.82, 2.24) is 14.8 Å². The van der Waals surface area contributed by atoms with Gasteiger partial charge < -0.3 is 35.3 Å². The molecule has 10 nitrogen and oxygen atoms in total. The number of rotatable bonds is 4. The molecular weight excluding hydrogens is 398 g/mol. The minimum atomic E-state index is -0.508. The minimum Gasteiger partial charge on any atom is -0.444 e. The van der Waals surface area contributed by atoms with E-state index in [-0.39, 0.29) is 11.9 Å². The molecule has 0 aromatic carbocycles. The van der Waals surface area contributed by atoms with Crippen molar-refractivity contribution in [3.05, 3.63) is 17.8 Å². The first kappa shape index (κ1) is 22.9. The Morgan fingerprint density at radius 2 is 1.71 bits per heavy atom. The highest BCUT2D eigenvalue weighted by Gasteiger charge is 2.27. The third-order valence-corrected chi connectivity index (χ3v) is 5.61. The van der Waals surface area contributed by atoms with Crippen molar-refractivity contribution in [2.24, 2.45) is 10.9 Å². The second-order valence-electron chi connectivity index (χ2n) is 8.93. The molecule has 3 rings (SSSR count). The number of ether oxygens (including phenoxy) is 1. The van der Waals surface area contributed by atoms with Crippen molar-refractivity contribution in [2.75, 3.05) is 68.7 Å². The number of nitrogens with zero attached hydrogens (tertiary/aromatic N) is 6. The fourth-order valence-electron chi connectivity index (χ4n) is 3.80. The first-order valence-electron chi connectivity index (χ1n) is 10.9. The summed E-state index contributed by atoms with van der Waals surface area (Å²) in [6.07, 6.45) is -0.284. The summed E-state index contributed by atoms with van der Waals surface area (Å²) in [5.41, 5.74) is 6.77. The third-order valence-electron chi connectivity index (χ3n) is 5.61. The van der Waals surface area contributed by atoms with Crippen molar-refractivity contribution in [3.8, 4) is 0 Å². The Bertz CT molecular complexity index is 793. The van der Waals surface area contributed by atoms with Gasteiger partial charge >= 0.3 is 6.09 Å². The lowest BCUT2D eigenvalue weighted by Gasteiger charge is -2.38. The van der Waals surface area contributed by atoms with E-state index in [9.17, 15) is 10.0 Å². The number of amides is 1. The van der Waals surface area contributed by atoms with Crippen molar-refractivity contribution in [2.45, 2.75) is 33.3 Å². The van der Waals surface area contributed by atoms with E-state index in [0.29, 0.717) is 31.9 Å². The molecule has 1 aromatic rings. The van der Waals surface area contributed by atoms with Crippen molar-refractivity contribution < 1.29 is 14.7 Å². The second-order valence-corrected chi connectivity index (χ2v) is 8.93. The van der Waals surface area contributed by atoms with Gasteiger partial charge in [-0.1, -0.05) is 12.1 Å². The van der Waals surface area contributed by atoms with Gasteiger partial charge in [0, 0.05) is 64.1 Å². The molecule has 0 unspecified atom stereocenters. The van der Waals surface area contributed by atoms with E-state index in [1.807, 2.05) is 26.8 Å². The number of pyridine rings is 1. The molecule has 0 spiro atoms. The number of amidine groups is 1. The Morgan fingerprint density at radius 3 is 2.26 bits per heavy atom. The first-order valence-corrected chi connectivity index (χ1v) is 10.9. The van der Waals surface area contributed by atoms with Gasteiger partial charge in [-0.25, -0.2) is 9.78 Å². The first-order chi connectivity index (χ1) is 14.7. The molecule has 1 aromatic heterocycles. The summed E-state index contributed by atoms with van der Waals surface area (Å²) in [4.78, 5) is 25.6. The fourth-order valence-corrected chi connectivity index (χ4v) is 3.80. The minimum absolute atomic E-state index is 0.0114. The number of carbonyl (C=O) groups excluding carboxylic acids is 1. The number of carbonyl (C=O) groups is 1. The fraction of sp³-hybridized carbons (Fsp3) is 0.667. The van der Waals surface area contributed by atoms with Crippen LogP contribution in [0.15, 0.2) is 17.3 Å². The van der Waals surface area contributed by atoms with Crippen LogP contribution in [-0.2, 0) is 4.74 Å². The van der Waals surface area contributed by atoms with E-state index < -0.39 is 5.60 Å². The molecule has 10 heteroatoms. The van der Waals surface area contributed by atoms with E-state index in [4.69, 9.17) is 10.5 Å². The van der Waals surface area contributed by atoms with E-state index >= 15 is 0 Å². The largest absolute Gasteiger partial charge is 0.444 e. The van der Waals surface area contributed by atoms with Crippen LogP contribution in [0.25, 0.3) is 0 Å². The van der Waals surface area contributed by atoms with Crippen LogP contribution in [0.1, 0.15) is 33.4 Å². The van der Waals surface area contributed by atoms with Gasteiger partial charge in [0.1, 0.15) is 17.1 Å². The standard InChI is InChI=1S/C21H35N7O3/c1-5-25-6-8-27(9-7-25)18-15-16(14-17(23-18)19(22)24-30)26-10-12-28(13-11-26)20(29)31-21(2,3)4/h14-15,30H,5-13H2,1-4H3,(H2,22,24). The van der Waals surface area contributed by atoms with Crippen LogP contribution in [0, 0.1) is 0 Å². The molecule has 0 bridgehead atoms. The van der Waals surface area contributed by atoms with E-state index in [1.165, 1.54) is 0 Å². The zero-order valence-electron chi connectivity index (χ0n) is 19.0. The van der Waals surface area contributed by atoms with Gasteiger partial charge in [-0.3, -0.25) is 0 Å². The molecule has 172 valence electrons. The van der Waals surface area contributed by atoms with Gasteiger partial charge in [-0.15, -0.1) is 0 Å². The Hall–Kier alpha value is -2.75. The molecule has 3 N–H and O–H groups in total. The van der Waals surface area contributed by atoms with Crippen LogP contribution in [0.3, 0.4) is 0 Å². The van der Waals surface area contributed by atoms with Crippen LogP contribution < -0.4 is 15.5 Å².